The van der Waals surface area contributed by atoms with E-state index in [4.69, 9.17) is 10.5 Å². The third kappa shape index (κ3) is 1.94. The number of hydrogen-bond donors (Lipinski definition) is 1. The van der Waals surface area contributed by atoms with Gasteiger partial charge in [-0.25, -0.2) is 4.90 Å². The van der Waals surface area contributed by atoms with Gasteiger partial charge in [0.1, 0.15) is 5.75 Å². The molecular weight excluding hydrogens is 268 g/mol. The highest BCUT2D eigenvalue weighted by Gasteiger charge is 2.37. The van der Waals surface area contributed by atoms with E-state index in [1.54, 1.807) is 30.3 Å². The van der Waals surface area contributed by atoms with Crippen LogP contribution in [0.3, 0.4) is 0 Å². The molecule has 0 bridgehead atoms. The van der Waals surface area contributed by atoms with Gasteiger partial charge in [0.15, 0.2) is 0 Å². The Morgan fingerprint density at radius 2 is 1.71 bits per heavy atom. The first-order valence-corrected chi connectivity index (χ1v) is 6.46. The van der Waals surface area contributed by atoms with Gasteiger partial charge < -0.3 is 10.5 Å². The summed E-state index contributed by atoms with van der Waals surface area (Å²) in [4.78, 5) is 26.0. The second kappa shape index (κ2) is 4.63. The van der Waals surface area contributed by atoms with E-state index in [1.165, 1.54) is 7.11 Å². The maximum atomic E-state index is 12.5. The molecule has 0 aliphatic carbocycles. The number of anilines is 2. The van der Waals surface area contributed by atoms with Crippen LogP contribution < -0.4 is 15.4 Å². The predicted molar refractivity (Wildman–Crippen MR) is 79.7 cm³/mol. The first-order chi connectivity index (χ1) is 10.0. The monoisotopic (exact) mass is 282 g/mol. The van der Waals surface area contributed by atoms with Crippen molar-refractivity contribution >= 4 is 23.2 Å². The van der Waals surface area contributed by atoms with Crippen LogP contribution in [0.4, 0.5) is 11.4 Å². The number of carbonyl (C=O) groups is 2. The summed E-state index contributed by atoms with van der Waals surface area (Å²) in [5, 5.41) is 0. The Labute approximate surface area is 121 Å². The van der Waals surface area contributed by atoms with Crippen LogP contribution in [0.25, 0.3) is 0 Å². The SMILES string of the molecule is COc1ccc(N2C(=O)c3ccc(C)cc3C2=O)c(N)c1. The Morgan fingerprint density at radius 1 is 1.00 bits per heavy atom. The molecule has 0 saturated carbocycles. The number of benzene rings is 2. The minimum atomic E-state index is -0.355. The van der Waals surface area contributed by atoms with Crippen molar-refractivity contribution in [3.05, 3.63) is 53.1 Å². The predicted octanol–water partition coefficient (Wildman–Crippen LogP) is 2.39. The molecule has 5 heteroatoms. The van der Waals surface area contributed by atoms with Gasteiger partial charge in [-0.05, 0) is 31.2 Å². The molecule has 0 aromatic heterocycles. The van der Waals surface area contributed by atoms with Crippen LogP contribution in [0.15, 0.2) is 36.4 Å². The minimum absolute atomic E-state index is 0.320. The summed E-state index contributed by atoms with van der Waals surface area (Å²) in [6.45, 7) is 1.88. The number of nitrogens with two attached hydrogens (primary N) is 1. The summed E-state index contributed by atoms with van der Waals surface area (Å²) in [6, 6.07) is 10.1. The number of nitrogen functional groups attached to an aromatic ring is 1. The molecule has 5 nitrogen and oxygen atoms in total. The van der Waals surface area contributed by atoms with Crippen molar-refractivity contribution < 1.29 is 14.3 Å². The summed E-state index contributed by atoms with van der Waals surface area (Å²) in [5.74, 6) is -0.133. The van der Waals surface area contributed by atoms with Gasteiger partial charge in [-0.3, -0.25) is 9.59 Å². The smallest absolute Gasteiger partial charge is 0.266 e. The molecule has 0 unspecified atom stereocenters. The topological polar surface area (TPSA) is 72.6 Å². The summed E-state index contributed by atoms with van der Waals surface area (Å²) in [5.41, 5.74) is 8.38. The van der Waals surface area contributed by atoms with E-state index in [9.17, 15) is 9.59 Å². The van der Waals surface area contributed by atoms with Crippen molar-refractivity contribution in [1.82, 2.24) is 0 Å². The quantitative estimate of drug-likeness (QED) is 0.678. The number of rotatable bonds is 2. The number of amides is 2. The second-order valence-corrected chi connectivity index (χ2v) is 4.92. The van der Waals surface area contributed by atoms with E-state index in [2.05, 4.69) is 0 Å². The molecule has 2 amide bonds. The molecule has 2 N–H and O–H groups in total. The van der Waals surface area contributed by atoms with Crippen LogP contribution in [0.1, 0.15) is 26.3 Å². The molecule has 0 atom stereocenters. The van der Waals surface area contributed by atoms with Crippen molar-refractivity contribution in [2.45, 2.75) is 6.92 Å². The van der Waals surface area contributed by atoms with Crippen LogP contribution in [0, 0.1) is 6.92 Å². The van der Waals surface area contributed by atoms with Crippen molar-refractivity contribution in [3.63, 3.8) is 0 Å². The van der Waals surface area contributed by atoms with E-state index in [0.717, 1.165) is 10.5 Å². The maximum Gasteiger partial charge on any atom is 0.266 e. The third-order valence-electron chi connectivity index (χ3n) is 3.52. The highest BCUT2D eigenvalue weighted by Crippen LogP contribution is 2.34. The number of fused-ring (bicyclic) bond motifs is 1. The molecule has 0 spiro atoms. The zero-order valence-corrected chi connectivity index (χ0v) is 11.7. The Hall–Kier alpha value is -2.82. The first-order valence-electron chi connectivity index (χ1n) is 6.46. The molecule has 3 rings (SSSR count). The van der Waals surface area contributed by atoms with Gasteiger partial charge >= 0.3 is 0 Å². The van der Waals surface area contributed by atoms with Crippen LogP contribution in [-0.2, 0) is 0 Å². The number of nitrogens with zero attached hydrogens (tertiary/aromatic N) is 1. The molecule has 106 valence electrons. The van der Waals surface area contributed by atoms with E-state index in [1.807, 2.05) is 13.0 Å². The van der Waals surface area contributed by atoms with Gasteiger partial charge in [-0.2, -0.15) is 0 Å². The van der Waals surface area contributed by atoms with Crippen LogP contribution >= 0.6 is 0 Å². The Morgan fingerprint density at radius 3 is 2.38 bits per heavy atom. The summed E-state index contributed by atoms with van der Waals surface area (Å²) >= 11 is 0. The van der Waals surface area contributed by atoms with Crippen LogP contribution in [0.2, 0.25) is 0 Å². The number of carbonyl (C=O) groups excluding carboxylic acids is 2. The van der Waals surface area contributed by atoms with Crippen LogP contribution in [0.5, 0.6) is 5.75 Å². The largest absolute Gasteiger partial charge is 0.497 e. The number of hydrogen-bond acceptors (Lipinski definition) is 4. The molecule has 1 aliphatic rings. The molecule has 1 aliphatic heterocycles. The number of imide groups is 1. The van der Waals surface area contributed by atoms with E-state index in [0.29, 0.717) is 28.3 Å². The lowest BCUT2D eigenvalue weighted by Crippen LogP contribution is -2.30. The lowest BCUT2D eigenvalue weighted by molar-refractivity contribution is 0.0926. The number of aryl methyl sites for hydroxylation is 1. The maximum absolute atomic E-state index is 12.5. The molecule has 2 aromatic rings. The molecular formula is C16H14N2O3. The molecule has 1 heterocycles. The molecule has 0 saturated heterocycles. The van der Waals surface area contributed by atoms with E-state index >= 15 is 0 Å². The van der Waals surface area contributed by atoms with Crippen molar-refractivity contribution in [2.75, 3.05) is 17.7 Å². The second-order valence-electron chi connectivity index (χ2n) is 4.92. The fraction of sp³-hybridized carbons (Fsp3) is 0.125. The molecule has 21 heavy (non-hydrogen) atoms. The summed E-state index contributed by atoms with van der Waals surface area (Å²) in [6.07, 6.45) is 0. The van der Waals surface area contributed by atoms with Gasteiger partial charge in [0, 0.05) is 6.07 Å². The lowest BCUT2D eigenvalue weighted by atomic mass is 10.1. The zero-order valence-electron chi connectivity index (χ0n) is 11.7. The lowest BCUT2D eigenvalue weighted by Gasteiger charge is -2.16. The third-order valence-corrected chi connectivity index (χ3v) is 3.52. The first kappa shape index (κ1) is 13.2. The number of ether oxygens (including phenoxy) is 1. The summed E-state index contributed by atoms with van der Waals surface area (Å²) < 4.78 is 5.08. The molecule has 2 aromatic carbocycles. The van der Waals surface area contributed by atoms with Crippen molar-refractivity contribution in [2.24, 2.45) is 0 Å². The van der Waals surface area contributed by atoms with Crippen molar-refractivity contribution in [1.29, 1.82) is 0 Å². The Kier molecular flexibility index (Phi) is 2.90. The van der Waals surface area contributed by atoms with Crippen molar-refractivity contribution in [3.8, 4) is 5.75 Å². The van der Waals surface area contributed by atoms with Gasteiger partial charge in [-0.15, -0.1) is 0 Å². The van der Waals surface area contributed by atoms with E-state index < -0.39 is 0 Å². The minimum Gasteiger partial charge on any atom is -0.497 e. The highest BCUT2D eigenvalue weighted by atomic mass is 16.5. The normalized spacial score (nSPS) is 13.5. The zero-order chi connectivity index (χ0) is 15.1. The Bertz CT molecular complexity index is 768. The molecule has 0 fully saturated rings. The fourth-order valence-corrected chi connectivity index (χ4v) is 2.44. The van der Waals surface area contributed by atoms with Gasteiger partial charge in [-0.1, -0.05) is 11.6 Å². The van der Waals surface area contributed by atoms with Gasteiger partial charge in [0.25, 0.3) is 11.8 Å². The standard InChI is InChI=1S/C16H14N2O3/c1-9-3-5-11-12(7-9)16(20)18(15(11)19)14-6-4-10(21-2)8-13(14)17/h3-8H,17H2,1-2H3. The van der Waals surface area contributed by atoms with E-state index in [-0.39, 0.29) is 11.8 Å². The Balaban J connectivity index is 2.10. The average molecular weight is 282 g/mol. The molecule has 0 radical (unpaired) electrons. The number of methoxy groups -OCH3 is 1. The highest BCUT2D eigenvalue weighted by molar-refractivity contribution is 6.35. The fourth-order valence-electron chi connectivity index (χ4n) is 2.44. The average Bonchev–Trinajstić information content (AvgIpc) is 2.71. The van der Waals surface area contributed by atoms with Gasteiger partial charge in [0.2, 0.25) is 0 Å². The van der Waals surface area contributed by atoms with Gasteiger partial charge in [0.05, 0.1) is 29.6 Å². The summed E-state index contributed by atoms with van der Waals surface area (Å²) in [7, 11) is 1.53. The van der Waals surface area contributed by atoms with Crippen LogP contribution in [-0.4, -0.2) is 18.9 Å².